The molecule has 230 valence electrons. The summed E-state index contributed by atoms with van der Waals surface area (Å²) in [6, 6.07) is 13.2. The lowest BCUT2D eigenvalue weighted by Crippen LogP contribution is -2.33. The molecule has 1 heterocycles. The molecule has 0 aliphatic heterocycles. The van der Waals surface area contributed by atoms with Crippen LogP contribution >= 0.6 is 0 Å². The van der Waals surface area contributed by atoms with Gasteiger partial charge in [-0.3, -0.25) is 9.59 Å². The van der Waals surface area contributed by atoms with Gasteiger partial charge in [0.15, 0.2) is 9.84 Å². The van der Waals surface area contributed by atoms with E-state index in [0.717, 1.165) is 16.8 Å². The predicted octanol–water partition coefficient (Wildman–Crippen LogP) is 3.56. The summed E-state index contributed by atoms with van der Waals surface area (Å²) in [6.07, 6.45) is 3.02. The van der Waals surface area contributed by atoms with Crippen LogP contribution in [0.25, 0.3) is 0 Å². The van der Waals surface area contributed by atoms with E-state index < -0.39 is 37.6 Å². The molecule has 0 saturated heterocycles. The van der Waals surface area contributed by atoms with E-state index in [2.05, 4.69) is 30.6 Å². The quantitative estimate of drug-likeness (QED) is 0.219. The Morgan fingerprint density at radius 1 is 0.884 bits per heavy atom. The van der Waals surface area contributed by atoms with Crippen LogP contribution in [0.4, 0.5) is 23.1 Å². The topological polar surface area (TPSA) is 176 Å². The van der Waals surface area contributed by atoms with E-state index in [1.807, 2.05) is 31.2 Å². The van der Waals surface area contributed by atoms with Crippen molar-refractivity contribution >= 4 is 54.8 Å². The van der Waals surface area contributed by atoms with Crippen LogP contribution in [0.1, 0.15) is 44.7 Å². The number of aromatic nitrogens is 2. The average Bonchev–Trinajstić information content (AvgIpc) is 3.81. The molecule has 0 radical (unpaired) electrons. The van der Waals surface area contributed by atoms with Crippen LogP contribution in [0.5, 0.6) is 0 Å². The fraction of sp³-hybridized carbons (Fsp3) is 0.379. The second-order valence-corrected chi connectivity index (χ2v) is 15.0. The number of aryl methyl sites for hydroxylation is 1. The van der Waals surface area contributed by atoms with Crippen LogP contribution in [0, 0.1) is 18.8 Å². The number of sulfone groups is 1. The van der Waals surface area contributed by atoms with E-state index in [0.29, 0.717) is 24.3 Å². The number of nitrogens with one attached hydrogen (secondary N) is 4. The minimum atomic E-state index is -3.97. The van der Waals surface area contributed by atoms with Crippen molar-refractivity contribution in [2.45, 2.75) is 57.2 Å². The third kappa shape index (κ3) is 8.74. The molecule has 1 aliphatic carbocycles. The summed E-state index contributed by atoms with van der Waals surface area (Å²) in [6.45, 7) is 6.97. The molecule has 1 aliphatic rings. The van der Waals surface area contributed by atoms with Gasteiger partial charge in [0, 0.05) is 41.5 Å². The fourth-order valence-corrected chi connectivity index (χ4v) is 7.07. The maximum absolute atomic E-state index is 12.4. The van der Waals surface area contributed by atoms with Crippen LogP contribution in [0.15, 0.2) is 59.6 Å². The first-order valence-electron chi connectivity index (χ1n) is 13.9. The first-order valence-corrected chi connectivity index (χ1v) is 17.1. The van der Waals surface area contributed by atoms with Crippen molar-refractivity contribution < 1.29 is 26.4 Å². The highest BCUT2D eigenvalue weighted by Crippen LogP contribution is 2.30. The van der Waals surface area contributed by atoms with Crippen molar-refractivity contribution in [1.82, 2.24) is 20.0 Å². The smallest absolute Gasteiger partial charge is 0.264 e. The average molecular weight is 629 g/mol. The molecule has 2 aromatic carbocycles. The third-order valence-electron chi connectivity index (χ3n) is 6.80. The van der Waals surface area contributed by atoms with Gasteiger partial charge in [0.25, 0.3) is 10.0 Å². The van der Waals surface area contributed by atoms with Crippen molar-refractivity contribution in [1.29, 1.82) is 0 Å². The number of hydrogen-bond acceptors (Lipinski definition) is 10. The van der Waals surface area contributed by atoms with Gasteiger partial charge in [0.2, 0.25) is 17.8 Å². The van der Waals surface area contributed by atoms with Gasteiger partial charge in [-0.15, -0.1) is 0 Å². The number of benzene rings is 2. The Morgan fingerprint density at radius 2 is 1.49 bits per heavy atom. The fourth-order valence-electron chi connectivity index (χ4n) is 3.98. The summed E-state index contributed by atoms with van der Waals surface area (Å²) in [5.74, 6) is -1.25. The van der Waals surface area contributed by atoms with Crippen LogP contribution in [0.3, 0.4) is 0 Å². The van der Waals surface area contributed by atoms with E-state index >= 15 is 0 Å². The molecular weight excluding hydrogens is 592 g/mol. The van der Waals surface area contributed by atoms with Gasteiger partial charge in [-0.05, 0) is 61.7 Å². The number of hydrogen-bond donors (Lipinski definition) is 4. The summed E-state index contributed by atoms with van der Waals surface area (Å²) >= 11 is 0. The maximum atomic E-state index is 12.4. The Labute approximate surface area is 252 Å². The summed E-state index contributed by atoms with van der Waals surface area (Å²) < 4.78 is 51.2. The summed E-state index contributed by atoms with van der Waals surface area (Å²) in [5.41, 5.74) is 2.95. The van der Waals surface area contributed by atoms with Crippen molar-refractivity contribution in [2.75, 3.05) is 16.4 Å². The highest BCUT2D eigenvalue weighted by Gasteiger charge is 2.37. The van der Waals surface area contributed by atoms with Crippen molar-refractivity contribution in [3.05, 3.63) is 65.9 Å². The van der Waals surface area contributed by atoms with Crippen LogP contribution in [-0.4, -0.2) is 49.6 Å². The number of amides is 2. The first kappa shape index (κ1) is 31.9. The molecule has 3 aromatic rings. The number of rotatable bonds is 13. The molecular formula is C29H36N6O6S2. The van der Waals surface area contributed by atoms with Gasteiger partial charge in [0.05, 0.1) is 15.9 Å². The Kier molecular flexibility index (Phi) is 9.70. The normalized spacial score (nSPS) is 14.2. The lowest BCUT2D eigenvalue weighted by atomic mass is 10.1. The Hall–Kier alpha value is -4.04. The van der Waals surface area contributed by atoms with Gasteiger partial charge in [-0.2, -0.15) is 4.98 Å². The monoisotopic (exact) mass is 628 g/mol. The van der Waals surface area contributed by atoms with E-state index in [9.17, 15) is 26.4 Å². The molecule has 12 nitrogen and oxygen atoms in total. The SMILES string of the molecule is Cc1cnc(Nc2ccc(S(=O)(=O)NC(=O)C(C)C)cc2)nc1Nc1ccc(CNC(=O)C(C)CS(=O)(=O)C2CC2)cc1. The minimum Gasteiger partial charge on any atom is -0.352 e. The number of nitrogens with zero attached hydrogens (tertiary/aromatic N) is 2. The second kappa shape index (κ2) is 13.1. The summed E-state index contributed by atoms with van der Waals surface area (Å²) in [4.78, 5) is 33.0. The van der Waals surface area contributed by atoms with Crippen LogP contribution < -0.4 is 20.7 Å². The molecule has 0 spiro atoms. The van der Waals surface area contributed by atoms with E-state index in [4.69, 9.17) is 0 Å². The van der Waals surface area contributed by atoms with Gasteiger partial charge < -0.3 is 16.0 Å². The number of sulfonamides is 1. The second-order valence-electron chi connectivity index (χ2n) is 11.0. The summed E-state index contributed by atoms with van der Waals surface area (Å²) in [5, 5.41) is 8.81. The maximum Gasteiger partial charge on any atom is 0.264 e. The molecule has 1 aromatic heterocycles. The first-order chi connectivity index (χ1) is 20.2. The molecule has 4 N–H and O–H groups in total. The van der Waals surface area contributed by atoms with E-state index in [1.165, 1.54) is 12.1 Å². The number of carbonyl (C=O) groups is 2. The molecule has 43 heavy (non-hydrogen) atoms. The molecule has 1 atom stereocenters. The highest BCUT2D eigenvalue weighted by molar-refractivity contribution is 7.92. The molecule has 1 unspecified atom stereocenters. The molecule has 0 bridgehead atoms. The Morgan fingerprint density at radius 3 is 2.09 bits per heavy atom. The zero-order valence-electron chi connectivity index (χ0n) is 24.4. The van der Waals surface area contributed by atoms with Crippen molar-refractivity contribution in [3.8, 4) is 0 Å². The third-order valence-corrected chi connectivity index (χ3v) is 10.6. The van der Waals surface area contributed by atoms with Gasteiger partial charge in [-0.25, -0.2) is 26.5 Å². The van der Waals surface area contributed by atoms with Gasteiger partial charge in [-0.1, -0.05) is 32.9 Å². The Bertz CT molecular complexity index is 1690. The molecule has 1 fully saturated rings. The summed E-state index contributed by atoms with van der Waals surface area (Å²) in [7, 11) is -7.18. The standard InChI is InChI=1S/C29H36N6O6S2/c1-18(2)27(36)35-43(40,41)25-11-9-23(10-12-25)33-29-31-15-19(3)26(34-29)32-22-7-5-21(6-8-22)16-30-28(37)20(4)17-42(38,39)24-13-14-24/h5-12,15,18,20,24H,13-14,16-17H2,1-4H3,(H,30,37)(H,35,36)(H2,31,32,33,34). The van der Waals surface area contributed by atoms with E-state index in [-0.39, 0.29) is 34.3 Å². The van der Waals surface area contributed by atoms with Crippen molar-refractivity contribution in [2.24, 2.45) is 11.8 Å². The number of carbonyl (C=O) groups excluding carboxylic acids is 2. The molecule has 4 rings (SSSR count). The number of anilines is 4. The zero-order valence-corrected chi connectivity index (χ0v) is 26.1. The van der Waals surface area contributed by atoms with E-state index in [1.54, 1.807) is 39.1 Å². The highest BCUT2D eigenvalue weighted by atomic mass is 32.2. The largest absolute Gasteiger partial charge is 0.352 e. The van der Waals surface area contributed by atoms with Crippen LogP contribution in [-0.2, 0) is 36.0 Å². The molecule has 1 saturated carbocycles. The zero-order chi connectivity index (χ0) is 31.4. The van der Waals surface area contributed by atoms with Crippen LogP contribution in [0.2, 0.25) is 0 Å². The molecule has 2 amide bonds. The van der Waals surface area contributed by atoms with Gasteiger partial charge >= 0.3 is 0 Å². The molecule has 14 heteroatoms. The lowest BCUT2D eigenvalue weighted by Gasteiger charge is -2.14. The Balaban J connectivity index is 1.33. The minimum absolute atomic E-state index is 0.0433. The lowest BCUT2D eigenvalue weighted by molar-refractivity contribution is -0.124. The van der Waals surface area contributed by atoms with Crippen molar-refractivity contribution in [3.63, 3.8) is 0 Å². The van der Waals surface area contributed by atoms with Gasteiger partial charge in [0.1, 0.15) is 5.82 Å². The predicted molar refractivity (Wildman–Crippen MR) is 164 cm³/mol.